The number of aliphatic hydroxyl groups is 2. The summed E-state index contributed by atoms with van der Waals surface area (Å²) >= 11 is 0. The van der Waals surface area contributed by atoms with Gasteiger partial charge in [-0.25, -0.2) is 0 Å². The molecule has 1 amide bonds. The van der Waals surface area contributed by atoms with E-state index in [-0.39, 0.29) is 5.91 Å². The van der Waals surface area contributed by atoms with Gasteiger partial charge in [0.1, 0.15) is 12.2 Å². The highest BCUT2D eigenvalue weighted by atomic mass is 16.3. The third-order valence-electron chi connectivity index (χ3n) is 4.23. The van der Waals surface area contributed by atoms with Crippen molar-refractivity contribution in [2.75, 3.05) is 4.90 Å². The number of benzene rings is 2. The van der Waals surface area contributed by atoms with E-state index in [1.807, 2.05) is 43.3 Å². The number of fused-ring (bicyclic) bond motifs is 1. The lowest BCUT2D eigenvalue weighted by Gasteiger charge is -2.41. The molecular formula is C18H19NO3. The van der Waals surface area contributed by atoms with Gasteiger partial charge in [-0.15, -0.1) is 0 Å². The van der Waals surface area contributed by atoms with Crippen molar-refractivity contribution in [1.82, 2.24) is 0 Å². The quantitative estimate of drug-likeness (QED) is 0.850. The van der Waals surface area contributed by atoms with Gasteiger partial charge in [-0.1, -0.05) is 35.9 Å². The van der Waals surface area contributed by atoms with E-state index in [0.29, 0.717) is 16.8 Å². The Morgan fingerprint density at radius 2 is 1.77 bits per heavy atom. The van der Waals surface area contributed by atoms with Crippen LogP contribution >= 0.6 is 0 Å². The summed E-state index contributed by atoms with van der Waals surface area (Å²) in [5.41, 5.74) is 2.79. The van der Waals surface area contributed by atoms with E-state index in [1.54, 1.807) is 24.0 Å². The Bertz CT molecular complexity index is 699. The standard InChI is InChI=1S/C18H19NO3/c1-11-8-9-15-14(10-11)17(21)16(20)12(2)19(15)18(22)13-6-4-3-5-7-13/h3-10,12,16-17,20-21H,1-2H3/t12-,16-,17-/m0/s1. The lowest BCUT2D eigenvalue weighted by molar-refractivity contribution is -0.00107. The van der Waals surface area contributed by atoms with Crippen molar-refractivity contribution >= 4 is 11.6 Å². The molecule has 0 unspecified atom stereocenters. The minimum Gasteiger partial charge on any atom is -0.388 e. The van der Waals surface area contributed by atoms with Crippen molar-refractivity contribution in [3.05, 3.63) is 65.2 Å². The Kier molecular flexibility index (Phi) is 3.72. The molecular weight excluding hydrogens is 278 g/mol. The van der Waals surface area contributed by atoms with E-state index in [2.05, 4.69) is 0 Å². The normalized spacial score (nSPS) is 24.0. The van der Waals surface area contributed by atoms with Gasteiger partial charge in [-0.2, -0.15) is 0 Å². The average Bonchev–Trinajstić information content (AvgIpc) is 2.54. The monoisotopic (exact) mass is 297 g/mol. The van der Waals surface area contributed by atoms with Crippen molar-refractivity contribution in [3.8, 4) is 0 Å². The lowest BCUT2D eigenvalue weighted by Crippen LogP contribution is -2.51. The molecule has 0 saturated carbocycles. The zero-order valence-corrected chi connectivity index (χ0v) is 12.6. The fourth-order valence-corrected chi connectivity index (χ4v) is 2.96. The minimum absolute atomic E-state index is 0.177. The third-order valence-corrected chi connectivity index (χ3v) is 4.23. The molecule has 1 aliphatic heterocycles. The summed E-state index contributed by atoms with van der Waals surface area (Å²) < 4.78 is 0. The molecule has 1 heterocycles. The van der Waals surface area contributed by atoms with Crippen LogP contribution in [-0.2, 0) is 0 Å². The van der Waals surface area contributed by atoms with E-state index in [9.17, 15) is 15.0 Å². The van der Waals surface area contributed by atoms with Gasteiger partial charge in [0, 0.05) is 11.1 Å². The smallest absolute Gasteiger partial charge is 0.258 e. The minimum atomic E-state index is -1.01. The van der Waals surface area contributed by atoms with Gasteiger partial charge in [0.25, 0.3) is 5.91 Å². The van der Waals surface area contributed by atoms with Gasteiger partial charge >= 0.3 is 0 Å². The Morgan fingerprint density at radius 1 is 1.09 bits per heavy atom. The molecule has 22 heavy (non-hydrogen) atoms. The molecule has 2 N–H and O–H groups in total. The zero-order valence-electron chi connectivity index (χ0n) is 12.6. The lowest BCUT2D eigenvalue weighted by atomic mass is 9.89. The topological polar surface area (TPSA) is 60.8 Å². The van der Waals surface area contributed by atoms with Crippen LogP contribution in [0, 0.1) is 6.92 Å². The predicted octanol–water partition coefficient (Wildman–Crippen LogP) is 2.44. The first-order valence-electron chi connectivity index (χ1n) is 7.36. The summed E-state index contributed by atoms with van der Waals surface area (Å²) in [5, 5.41) is 20.6. The molecule has 2 aromatic carbocycles. The molecule has 4 heteroatoms. The maximum atomic E-state index is 12.8. The number of hydrogen-bond donors (Lipinski definition) is 2. The number of nitrogens with zero attached hydrogens (tertiary/aromatic N) is 1. The van der Waals surface area contributed by atoms with Crippen molar-refractivity contribution in [1.29, 1.82) is 0 Å². The average molecular weight is 297 g/mol. The Labute approximate surface area is 129 Å². The van der Waals surface area contributed by atoms with Crippen LogP contribution in [-0.4, -0.2) is 28.3 Å². The molecule has 0 spiro atoms. The number of carbonyl (C=O) groups excluding carboxylic acids is 1. The van der Waals surface area contributed by atoms with E-state index in [1.165, 1.54) is 0 Å². The number of aryl methyl sites for hydroxylation is 1. The van der Waals surface area contributed by atoms with Crippen LogP contribution in [0.5, 0.6) is 0 Å². The molecule has 1 aliphatic rings. The van der Waals surface area contributed by atoms with Crippen LogP contribution in [0.2, 0.25) is 0 Å². The fourth-order valence-electron chi connectivity index (χ4n) is 2.96. The molecule has 0 saturated heterocycles. The first kappa shape index (κ1) is 14.8. The second-order valence-electron chi connectivity index (χ2n) is 5.78. The Morgan fingerprint density at radius 3 is 2.45 bits per heavy atom. The van der Waals surface area contributed by atoms with Gasteiger partial charge in [-0.05, 0) is 32.0 Å². The molecule has 114 valence electrons. The summed E-state index contributed by atoms with van der Waals surface area (Å²) in [6.07, 6.45) is -1.99. The fraction of sp³-hybridized carbons (Fsp3) is 0.278. The van der Waals surface area contributed by atoms with Crippen molar-refractivity contribution in [3.63, 3.8) is 0 Å². The zero-order chi connectivity index (χ0) is 15.9. The molecule has 0 aromatic heterocycles. The summed E-state index contributed by atoms with van der Waals surface area (Å²) in [6.45, 7) is 3.66. The van der Waals surface area contributed by atoms with E-state index in [0.717, 1.165) is 5.56 Å². The summed E-state index contributed by atoms with van der Waals surface area (Å²) in [6, 6.07) is 14.0. The number of anilines is 1. The van der Waals surface area contributed by atoms with Gasteiger partial charge in [0.15, 0.2) is 0 Å². The molecule has 3 rings (SSSR count). The van der Waals surface area contributed by atoms with Crippen molar-refractivity contribution in [2.45, 2.75) is 32.1 Å². The molecule has 2 aromatic rings. The highest BCUT2D eigenvalue weighted by molar-refractivity contribution is 6.07. The highest BCUT2D eigenvalue weighted by Gasteiger charge is 2.39. The van der Waals surface area contributed by atoms with Crippen LogP contribution < -0.4 is 4.90 Å². The van der Waals surface area contributed by atoms with Crippen LogP contribution in [0.3, 0.4) is 0 Å². The predicted molar refractivity (Wildman–Crippen MR) is 84.9 cm³/mol. The number of aliphatic hydroxyl groups excluding tert-OH is 2. The van der Waals surface area contributed by atoms with Gasteiger partial charge in [0.05, 0.1) is 11.7 Å². The maximum Gasteiger partial charge on any atom is 0.258 e. The molecule has 0 bridgehead atoms. The second kappa shape index (κ2) is 5.55. The maximum absolute atomic E-state index is 12.8. The first-order chi connectivity index (χ1) is 10.5. The summed E-state index contributed by atoms with van der Waals surface area (Å²) in [7, 11) is 0. The van der Waals surface area contributed by atoms with Gasteiger partial charge in [0.2, 0.25) is 0 Å². The van der Waals surface area contributed by atoms with Crippen LogP contribution in [0.1, 0.15) is 34.5 Å². The second-order valence-corrected chi connectivity index (χ2v) is 5.78. The van der Waals surface area contributed by atoms with Crippen LogP contribution in [0.25, 0.3) is 0 Å². The van der Waals surface area contributed by atoms with Crippen molar-refractivity contribution in [2.24, 2.45) is 0 Å². The molecule has 3 atom stereocenters. The first-order valence-corrected chi connectivity index (χ1v) is 7.36. The number of amides is 1. The number of hydrogen-bond acceptors (Lipinski definition) is 3. The van der Waals surface area contributed by atoms with E-state index >= 15 is 0 Å². The molecule has 0 fully saturated rings. The van der Waals surface area contributed by atoms with E-state index < -0.39 is 18.2 Å². The molecule has 4 nitrogen and oxygen atoms in total. The number of carbonyl (C=O) groups is 1. The van der Waals surface area contributed by atoms with Crippen molar-refractivity contribution < 1.29 is 15.0 Å². The van der Waals surface area contributed by atoms with E-state index in [4.69, 9.17) is 0 Å². The molecule has 0 radical (unpaired) electrons. The largest absolute Gasteiger partial charge is 0.388 e. The number of rotatable bonds is 1. The summed E-state index contributed by atoms with van der Waals surface area (Å²) in [4.78, 5) is 14.4. The SMILES string of the molecule is Cc1ccc2c(c1)[C@H](O)[C@@H](O)[C@H](C)N2C(=O)c1ccccc1. The van der Waals surface area contributed by atoms with Gasteiger partial charge in [-0.3, -0.25) is 4.79 Å². The highest BCUT2D eigenvalue weighted by Crippen LogP contribution is 2.38. The third kappa shape index (κ3) is 2.30. The Hall–Kier alpha value is -2.17. The molecule has 0 aliphatic carbocycles. The van der Waals surface area contributed by atoms with Crippen LogP contribution in [0.4, 0.5) is 5.69 Å². The summed E-state index contributed by atoms with van der Waals surface area (Å²) in [5.74, 6) is -0.177. The van der Waals surface area contributed by atoms with Crippen LogP contribution in [0.15, 0.2) is 48.5 Å². The Balaban J connectivity index is 2.11. The van der Waals surface area contributed by atoms with Gasteiger partial charge < -0.3 is 15.1 Å².